The van der Waals surface area contributed by atoms with Crippen molar-refractivity contribution in [2.24, 2.45) is 0 Å². The average molecular weight is 259 g/mol. The largest absolute Gasteiger partial charge is 0.444 e. The number of nitrogens with two attached hydrogens (primary N) is 1. The van der Waals surface area contributed by atoms with Crippen molar-refractivity contribution in [3.05, 3.63) is 47.2 Å². The Labute approximate surface area is 111 Å². The van der Waals surface area contributed by atoms with E-state index < -0.39 is 0 Å². The number of carbonyl (C=O) groups excluding carboxylic acids is 1. The zero-order chi connectivity index (χ0) is 14.0. The molecule has 0 radical (unpaired) electrons. The molecule has 2 rings (SSSR count). The molecule has 0 fully saturated rings. The van der Waals surface area contributed by atoms with Gasteiger partial charge in [0.2, 0.25) is 5.89 Å². The van der Waals surface area contributed by atoms with Crippen LogP contribution in [0.2, 0.25) is 0 Å². The van der Waals surface area contributed by atoms with Crippen molar-refractivity contribution < 1.29 is 9.21 Å². The highest BCUT2D eigenvalue weighted by molar-refractivity contribution is 6.00. The first-order chi connectivity index (χ1) is 8.99. The topological polar surface area (TPSA) is 81.2 Å². The molecule has 2 aromatic rings. The first-order valence-corrected chi connectivity index (χ1v) is 6.07. The lowest BCUT2D eigenvalue weighted by atomic mass is 10.1. The minimum atomic E-state index is -0.305. The van der Waals surface area contributed by atoms with Gasteiger partial charge in [0.15, 0.2) is 0 Å². The van der Waals surface area contributed by atoms with Crippen LogP contribution in [0, 0.1) is 13.8 Å². The number of oxazole rings is 1. The molecular weight excluding hydrogens is 242 g/mol. The number of nitrogens with one attached hydrogen (secondary N) is 1. The second-order valence-electron chi connectivity index (χ2n) is 4.54. The molecular formula is C14H17N3O2. The highest BCUT2D eigenvalue weighted by Gasteiger charge is 2.18. The Hall–Kier alpha value is -2.30. The maximum Gasteiger partial charge on any atom is 0.254 e. The maximum atomic E-state index is 12.2. The molecule has 1 heterocycles. The van der Waals surface area contributed by atoms with Crippen LogP contribution < -0.4 is 11.1 Å². The van der Waals surface area contributed by atoms with Gasteiger partial charge in [0.1, 0.15) is 11.8 Å². The minimum absolute atomic E-state index is 0.223. The van der Waals surface area contributed by atoms with Gasteiger partial charge in [0.05, 0.1) is 11.8 Å². The summed E-state index contributed by atoms with van der Waals surface area (Å²) >= 11 is 0. The number of rotatable bonds is 3. The average Bonchev–Trinajstić information content (AvgIpc) is 2.75. The van der Waals surface area contributed by atoms with E-state index in [4.69, 9.17) is 10.2 Å². The van der Waals surface area contributed by atoms with Crippen LogP contribution in [-0.4, -0.2) is 10.9 Å². The van der Waals surface area contributed by atoms with Gasteiger partial charge in [-0.25, -0.2) is 4.98 Å². The predicted molar refractivity (Wildman–Crippen MR) is 72.7 cm³/mol. The zero-order valence-electron chi connectivity index (χ0n) is 11.2. The Kier molecular flexibility index (Phi) is 3.55. The number of nitrogen functional groups attached to an aromatic ring is 1. The fourth-order valence-corrected chi connectivity index (χ4v) is 1.90. The summed E-state index contributed by atoms with van der Waals surface area (Å²) in [7, 11) is 0. The van der Waals surface area contributed by atoms with Crippen molar-refractivity contribution in [1.82, 2.24) is 10.3 Å². The van der Waals surface area contributed by atoms with Crippen molar-refractivity contribution in [3.8, 4) is 0 Å². The van der Waals surface area contributed by atoms with Crippen LogP contribution in [0.5, 0.6) is 0 Å². The molecule has 0 aliphatic carbocycles. The molecule has 0 aliphatic rings. The van der Waals surface area contributed by atoms with E-state index in [1.54, 1.807) is 12.3 Å². The normalized spacial score (nSPS) is 12.2. The SMILES string of the molecule is Cc1cnc(C(C)NC(=O)c2c(C)cccc2N)o1. The molecule has 1 amide bonds. The highest BCUT2D eigenvalue weighted by Crippen LogP contribution is 2.18. The lowest BCUT2D eigenvalue weighted by Crippen LogP contribution is -2.28. The number of aromatic nitrogens is 1. The fraction of sp³-hybridized carbons (Fsp3) is 0.286. The third kappa shape index (κ3) is 2.76. The second-order valence-corrected chi connectivity index (χ2v) is 4.54. The summed E-state index contributed by atoms with van der Waals surface area (Å²) in [4.78, 5) is 16.3. The molecule has 5 heteroatoms. The summed E-state index contributed by atoms with van der Waals surface area (Å²) in [6.45, 7) is 5.48. The van der Waals surface area contributed by atoms with Crippen LogP contribution in [-0.2, 0) is 0 Å². The summed E-state index contributed by atoms with van der Waals surface area (Å²) < 4.78 is 5.39. The summed E-state index contributed by atoms with van der Waals surface area (Å²) in [5, 5.41) is 2.83. The molecule has 1 atom stereocenters. The molecule has 1 aromatic carbocycles. The van der Waals surface area contributed by atoms with E-state index in [-0.39, 0.29) is 11.9 Å². The van der Waals surface area contributed by atoms with Gasteiger partial charge in [-0.15, -0.1) is 0 Å². The van der Waals surface area contributed by atoms with Gasteiger partial charge < -0.3 is 15.5 Å². The lowest BCUT2D eigenvalue weighted by molar-refractivity contribution is 0.0934. The van der Waals surface area contributed by atoms with E-state index in [2.05, 4.69) is 10.3 Å². The molecule has 100 valence electrons. The number of carbonyl (C=O) groups is 1. The number of hydrogen-bond acceptors (Lipinski definition) is 4. The van der Waals surface area contributed by atoms with E-state index in [0.29, 0.717) is 22.9 Å². The van der Waals surface area contributed by atoms with Gasteiger partial charge in [-0.1, -0.05) is 12.1 Å². The summed E-state index contributed by atoms with van der Waals surface area (Å²) in [5.74, 6) is 0.975. The molecule has 5 nitrogen and oxygen atoms in total. The number of amides is 1. The number of anilines is 1. The molecule has 19 heavy (non-hydrogen) atoms. The quantitative estimate of drug-likeness (QED) is 0.829. The Bertz CT molecular complexity index is 584. The Balaban J connectivity index is 2.17. The smallest absolute Gasteiger partial charge is 0.254 e. The van der Waals surface area contributed by atoms with Crippen LogP contribution in [0.15, 0.2) is 28.8 Å². The Morgan fingerprint density at radius 1 is 1.42 bits per heavy atom. The number of nitrogens with zero attached hydrogens (tertiary/aromatic N) is 1. The fourth-order valence-electron chi connectivity index (χ4n) is 1.90. The first kappa shape index (κ1) is 13.1. The van der Waals surface area contributed by atoms with Crippen molar-refractivity contribution in [3.63, 3.8) is 0 Å². The summed E-state index contributed by atoms with van der Waals surface area (Å²) in [5.41, 5.74) is 7.65. The van der Waals surface area contributed by atoms with Crippen LogP contribution >= 0.6 is 0 Å². The molecule has 0 bridgehead atoms. The van der Waals surface area contributed by atoms with E-state index in [9.17, 15) is 4.79 Å². The van der Waals surface area contributed by atoms with Gasteiger partial charge >= 0.3 is 0 Å². The van der Waals surface area contributed by atoms with Gasteiger partial charge in [-0.05, 0) is 32.4 Å². The molecule has 1 aromatic heterocycles. The number of hydrogen-bond donors (Lipinski definition) is 2. The van der Waals surface area contributed by atoms with Crippen molar-refractivity contribution in [2.75, 3.05) is 5.73 Å². The molecule has 3 N–H and O–H groups in total. The molecule has 0 saturated carbocycles. The van der Waals surface area contributed by atoms with E-state index in [1.807, 2.05) is 32.9 Å². The Morgan fingerprint density at radius 2 is 2.16 bits per heavy atom. The molecule has 0 saturated heterocycles. The van der Waals surface area contributed by atoms with E-state index in [0.717, 1.165) is 5.56 Å². The van der Waals surface area contributed by atoms with Gasteiger partial charge in [0, 0.05) is 5.69 Å². The minimum Gasteiger partial charge on any atom is -0.444 e. The molecule has 1 unspecified atom stereocenters. The van der Waals surface area contributed by atoms with Crippen LogP contribution in [0.3, 0.4) is 0 Å². The first-order valence-electron chi connectivity index (χ1n) is 6.07. The summed E-state index contributed by atoms with van der Waals surface area (Å²) in [6.07, 6.45) is 1.63. The van der Waals surface area contributed by atoms with Crippen molar-refractivity contribution in [2.45, 2.75) is 26.8 Å². The van der Waals surface area contributed by atoms with Crippen molar-refractivity contribution in [1.29, 1.82) is 0 Å². The van der Waals surface area contributed by atoms with E-state index in [1.165, 1.54) is 0 Å². The van der Waals surface area contributed by atoms with Gasteiger partial charge in [-0.3, -0.25) is 4.79 Å². The lowest BCUT2D eigenvalue weighted by Gasteiger charge is -2.13. The van der Waals surface area contributed by atoms with Gasteiger partial charge in [-0.2, -0.15) is 0 Å². The van der Waals surface area contributed by atoms with Gasteiger partial charge in [0.25, 0.3) is 5.91 Å². The summed E-state index contributed by atoms with van der Waals surface area (Å²) in [6, 6.07) is 5.08. The zero-order valence-corrected chi connectivity index (χ0v) is 11.2. The number of benzene rings is 1. The standard InChI is InChI=1S/C14H17N3O2/c1-8-5-4-6-11(15)12(8)13(18)17-10(3)14-16-7-9(2)19-14/h4-7,10H,15H2,1-3H3,(H,17,18). The van der Waals surface area contributed by atoms with Crippen LogP contribution in [0.25, 0.3) is 0 Å². The van der Waals surface area contributed by atoms with Crippen LogP contribution in [0.4, 0.5) is 5.69 Å². The van der Waals surface area contributed by atoms with E-state index >= 15 is 0 Å². The highest BCUT2D eigenvalue weighted by atomic mass is 16.4. The maximum absolute atomic E-state index is 12.2. The molecule has 0 aliphatic heterocycles. The third-order valence-corrected chi connectivity index (χ3v) is 2.89. The Morgan fingerprint density at radius 3 is 2.74 bits per heavy atom. The number of aryl methyl sites for hydroxylation is 2. The van der Waals surface area contributed by atoms with Crippen molar-refractivity contribution >= 4 is 11.6 Å². The second kappa shape index (κ2) is 5.14. The molecule has 0 spiro atoms. The third-order valence-electron chi connectivity index (χ3n) is 2.89. The monoisotopic (exact) mass is 259 g/mol. The van der Waals surface area contributed by atoms with Crippen LogP contribution in [0.1, 0.15) is 40.5 Å². The predicted octanol–water partition coefficient (Wildman–Crippen LogP) is 2.36.